The second kappa shape index (κ2) is 10.2. The highest BCUT2D eigenvalue weighted by molar-refractivity contribution is 7.99. The van der Waals surface area contributed by atoms with Crippen LogP contribution in [0.5, 0.6) is 5.75 Å². The van der Waals surface area contributed by atoms with Gasteiger partial charge in [-0.3, -0.25) is 14.0 Å². The zero-order chi connectivity index (χ0) is 25.1. The van der Waals surface area contributed by atoms with Crippen molar-refractivity contribution in [1.29, 1.82) is 0 Å². The summed E-state index contributed by atoms with van der Waals surface area (Å²) in [4.78, 5) is 26.3. The van der Waals surface area contributed by atoms with E-state index < -0.39 is 0 Å². The van der Waals surface area contributed by atoms with Gasteiger partial charge in [0.25, 0.3) is 5.56 Å². The monoisotopic (exact) mass is 499 g/mol. The molecule has 0 aliphatic rings. The maximum atomic E-state index is 13.5. The first kappa shape index (κ1) is 23.6. The molecular formula is C27H25N5O3S. The summed E-state index contributed by atoms with van der Waals surface area (Å²) in [6, 6.07) is 22.4. The third-order valence-electron chi connectivity index (χ3n) is 5.71. The SMILES string of the molecule is CCCOc1ccccc1NC(=O)CSc1nnc2n(-c3ccccc3C)c(=O)c3ccccc3n12. The van der Waals surface area contributed by atoms with Gasteiger partial charge in [-0.25, -0.2) is 4.57 Å². The number of nitrogens with zero attached hydrogens (tertiary/aromatic N) is 4. The van der Waals surface area contributed by atoms with E-state index in [-0.39, 0.29) is 17.2 Å². The molecule has 0 aliphatic heterocycles. The third-order valence-corrected chi connectivity index (χ3v) is 6.64. The summed E-state index contributed by atoms with van der Waals surface area (Å²) >= 11 is 1.26. The number of amides is 1. The largest absolute Gasteiger partial charge is 0.491 e. The lowest BCUT2D eigenvalue weighted by molar-refractivity contribution is -0.113. The molecule has 0 radical (unpaired) electrons. The van der Waals surface area contributed by atoms with E-state index >= 15 is 0 Å². The molecule has 0 spiro atoms. The van der Waals surface area contributed by atoms with Crippen LogP contribution in [0.2, 0.25) is 0 Å². The molecule has 1 amide bonds. The Bertz CT molecular complexity index is 1630. The maximum absolute atomic E-state index is 13.5. The molecule has 5 rings (SSSR count). The molecule has 0 aliphatic carbocycles. The Labute approximate surface area is 211 Å². The Hall–Kier alpha value is -4.11. The molecule has 1 N–H and O–H groups in total. The Morgan fingerprint density at radius 1 is 1.00 bits per heavy atom. The highest BCUT2D eigenvalue weighted by Crippen LogP contribution is 2.26. The molecule has 9 heteroatoms. The molecular weight excluding hydrogens is 474 g/mol. The third kappa shape index (κ3) is 4.45. The summed E-state index contributed by atoms with van der Waals surface area (Å²) in [7, 11) is 0. The van der Waals surface area contributed by atoms with Crippen molar-refractivity contribution in [2.75, 3.05) is 17.7 Å². The minimum atomic E-state index is -0.194. The number of rotatable bonds is 8. The van der Waals surface area contributed by atoms with Crippen molar-refractivity contribution in [2.24, 2.45) is 0 Å². The summed E-state index contributed by atoms with van der Waals surface area (Å²) in [5.74, 6) is 0.953. The predicted molar refractivity (Wildman–Crippen MR) is 142 cm³/mol. The predicted octanol–water partition coefficient (Wildman–Crippen LogP) is 4.86. The summed E-state index contributed by atoms with van der Waals surface area (Å²) in [6.07, 6.45) is 0.875. The molecule has 0 saturated heterocycles. The number of benzene rings is 3. The number of aryl methyl sites for hydroxylation is 1. The smallest absolute Gasteiger partial charge is 0.267 e. The van der Waals surface area contributed by atoms with Crippen molar-refractivity contribution in [2.45, 2.75) is 25.4 Å². The highest BCUT2D eigenvalue weighted by atomic mass is 32.2. The molecule has 0 saturated carbocycles. The van der Waals surface area contributed by atoms with Crippen molar-refractivity contribution >= 4 is 40.0 Å². The summed E-state index contributed by atoms with van der Waals surface area (Å²) in [5, 5.41) is 12.7. The number of hydrogen-bond donors (Lipinski definition) is 1. The van der Waals surface area contributed by atoms with Gasteiger partial charge in [0.05, 0.1) is 34.6 Å². The van der Waals surface area contributed by atoms with Gasteiger partial charge in [0.2, 0.25) is 11.7 Å². The maximum Gasteiger partial charge on any atom is 0.267 e. The van der Waals surface area contributed by atoms with Gasteiger partial charge in [0.15, 0.2) is 5.16 Å². The molecule has 5 aromatic rings. The Kier molecular flexibility index (Phi) is 6.73. The molecule has 0 unspecified atom stereocenters. The summed E-state index contributed by atoms with van der Waals surface area (Å²) in [6.45, 7) is 4.55. The van der Waals surface area contributed by atoms with Crippen LogP contribution in [0.25, 0.3) is 22.4 Å². The zero-order valence-electron chi connectivity index (χ0n) is 20.0. The lowest BCUT2D eigenvalue weighted by Crippen LogP contribution is -2.22. The molecule has 2 heterocycles. The van der Waals surface area contributed by atoms with Gasteiger partial charge in [-0.2, -0.15) is 0 Å². The molecule has 36 heavy (non-hydrogen) atoms. The van der Waals surface area contributed by atoms with Crippen molar-refractivity contribution in [1.82, 2.24) is 19.2 Å². The van der Waals surface area contributed by atoms with Gasteiger partial charge in [0, 0.05) is 0 Å². The molecule has 8 nitrogen and oxygen atoms in total. The lowest BCUT2D eigenvalue weighted by atomic mass is 10.2. The van der Waals surface area contributed by atoms with Crippen LogP contribution in [0, 0.1) is 6.92 Å². The van der Waals surface area contributed by atoms with E-state index in [4.69, 9.17) is 4.74 Å². The minimum Gasteiger partial charge on any atom is -0.491 e. The second-order valence-corrected chi connectivity index (χ2v) is 9.19. The molecule has 0 atom stereocenters. The van der Waals surface area contributed by atoms with Crippen LogP contribution in [0.15, 0.2) is 82.7 Å². The van der Waals surface area contributed by atoms with Crippen LogP contribution in [-0.4, -0.2) is 37.4 Å². The van der Waals surface area contributed by atoms with E-state index in [2.05, 4.69) is 15.5 Å². The van der Waals surface area contributed by atoms with Crippen molar-refractivity contribution in [3.63, 3.8) is 0 Å². The Morgan fingerprint density at radius 2 is 1.75 bits per heavy atom. The van der Waals surface area contributed by atoms with E-state index in [9.17, 15) is 9.59 Å². The van der Waals surface area contributed by atoms with Gasteiger partial charge < -0.3 is 10.1 Å². The number of carbonyl (C=O) groups is 1. The number of para-hydroxylation sites is 4. The summed E-state index contributed by atoms with van der Waals surface area (Å²) < 4.78 is 9.15. The topological polar surface area (TPSA) is 90.5 Å². The van der Waals surface area contributed by atoms with Crippen LogP contribution in [-0.2, 0) is 4.79 Å². The molecule has 182 valence electrons. The fraction of sp³-hybridized carbons (Fsp3) is 0.185. The minimum absolute atomic E-state index is 0.112. The normalized spacial score (nSPS) is 11.2. The van der Waals surface area contributed by atoms with Crippen LogP contribution >= 0.6 is 11.8 Å². The van der Waals surface area contributed by atoms with Crippen molar-refractivity contribution in [3.05, 3.63) is 88.7 Å². The summed E-state index contributed by atoms with van der Waals surface area (Å²) in [5.41, 5.74) is 2.83. The molecule has 2 aromatic heterocycles. The number of nitrogens with one attached hydrogen (secondary N) is 1. The van der Waals surface area contributed by atoms with Crippen molar-refractivity contribution in [3.8, 4) is 11.4 Å². The zero-order valence-corrected chi connectivity index (χ0v) is 20.8. The average Bonchev–Trinajstić information content (AvgIpc) is 3.32. The van der Waals surface area contributed by atoms with E-state index in [0.717, 1.165) is 17.7 Å². The second-order valence-electron chi connectivity index (χ2n) is 8.24. The van der Waals surface area contributed by atoms with E-state index in [1.807, 2.05) is 85.0 Å². The standard InChI is InChI=1S/C27H25N5O3S/c1-3-16-35-23-15-9-6-12-20(23)28-24(33)17-36-27-30-29-26-31(21-13-7-4-10-18(21)2)25(34)19-11-5-8-14-22(19)32(26)27/h4-15H,3,16-17H2,1-2H3,(H,28,33). The number of thioether (sulfide) groups is 1. The van der Waals surface area contributed by atoms with Crippen LogP contribution in [0.4, 0.5) is 5.69 Å². The number of ether oxygens (including phenoxy) is 1. The fourth-order valence-corrected chi connectivity index (χ4v) is 4.77. The van der Waals surface area contributed by atoms with Crippen LogP contribution < -0.4 is 15.6 Å². The highest BCUT2D eigenvalue weighted by Gasteiger charge is 2.19. The lowest BCUT2D eigenvalue weighted by Gasteiger charge is -2.13. The quantitative estimate of drug-likeness (QED) is 0.307. The fourth-order valence-electron chi connectivity index (χ4n) is 4.03. The van der Waals surface area contributed by atoms with Gasteiger partial charge in [-0.15, -0.1) is 10.2 Å². The average molecular weight is 500 g/mol. The Balaban J connectivity index is 1.49. The van der Waals surface area contributed by atoms with Gasteiger partial charge in [-0.05, 0) is 49.2 Å². The number of carbonyl (C=O) groups excluding carboxylic acids is 1. The number of hydrogen-bond acceptors (Lipinski definition) is 6. The first-order valence-electron chi connectivity index (χ1n) is 11.7. The molecule has 0 bridgehead atoms. The van der Waals surface area contributed by atoms with E-state index in [1.54, 1.807) is 10.6 Å². The van der Waals surface area contributed by atoms with Gasteiger partial charge in [0.1, 0.15) is 5.75 Å². The Morgan fingerprint density at radius 3 is 2.58 bits per heavy atom. The number of anilines is 1. The van der Waals surface area contributed by atoms with E-state index in [0.29, 0.717) is 39.9 Å². The van der Waals surface area contributed by atoms with E-state index in [1.165, 1.54) is 11.8 Å². The van der Waals surface area contributed by atoms with Crippen LogP contribution in [0.1, 0.15) is 18.9 Å². The number of fused-ring (bicyclic) bond motifs is 3. The first-order chi connectivity index (χ1) is 17.6. The van der Waals surface area contributed by atoms with Crippen molar-refractivity contribution < 1.29 is 9.53 Å². The molecule has 3 aromatic carbocycles. The van der Waals surface area contributed by atoms with Gasteiger partial charge >= 0.3 is 0 Å². The molecule has 0 fully saturated rings. The van der Waals surface area contributed by atoms with Crippen LogP contribution in [0.3, 0.4) is 0 Å². The number of aromatic nitrogens is 4. The first-order valence-corrected chi connectivity index (χ1v) is 12.7. The van der Waals surface area contributed by atoms with Gasteiger partial charge in [-0.1, -0.05) is 61.2 Å².